The molecule has 2 amide bonds. The first kappa shape index (κ1) is 19.1. The van der Waals surface area contributed by atoms with E-state index >= 15 is 0 Å². The van der Waals surface area contributed by atoms with Gasteiger partial charge in [-0.2, -0.15) is 0 Å². The van der Waals surface area contributed by atoms with E-state index in [4.69, 9.17) is 0 Å². The summed E-state index contributed by atoms with van der Waals surface area (Å²) in [6.45, 7) is 2.91. The van der Waals surface area contributed by atoms with Crippen LogP contribution in [0.5, 0.6) is 0 Å². The fourth-order valence-electron chi connectivity index (χ4n) is 1.27. The molecule has 0 aromatic rings. The third-order valence-corrected chi connectivity index (χ3v) is 2.18. The van der Waals surface area contributed by atoms with Crippen LogP contribution < -0.4 is 45.3 Å². The number of carboxylic acids is 1. The second-order valence-corrected chi connectivity index (χ2v) is 3.72. The van der Waals surface area contributed by atoms with Gasteiger partial charge in [0, 0.05) is 25.5 Å². The molecule has 2 N–H and O–H groups in total. The number of carbonyl (C=O) groups is 2. The minimum atomic E-state index is -1.15. The number of nitrogens with one attached hydrogen (secondary N) is 2. The van der Waals surface area contributed by atoms with Gasteiger partial charge in [0.25, 0.3) is 0 Å². The zero-order valence-electron chi connectivity index (χ0n) is 10.9. The number of hydrogen-bond acceptors (Lipinski definition) is 3. The van der Waals surface area contributed by atoms with E-state index in [-0.39, 0.29) is 48.6 Å². The largest absolute Gasteiger partial charge is 1.00 e. The number of carboxylic acid groups (broad SMARTS) is 1. The Morgan fingerprint density at radius 3 is 2.18 bits per heavy atom. The first-order valence-corrected chi connectivity index (χ1v) is 5.88. The Hall–Kier alpha value is -0.260. The fraction of sp³-hybridized carbons (Fsp3) is 0.818. The molecule has 17 heavy (non-hydrogen) atoms. The van der Waals surface area contributed by atoms with Crippen molar-refractivity contribution in [3.63, 3.8) is 0 Å². The molecule has 6 heteroatoms. The Bertz CT molecular complexity index is 213. The summed E-state index contributed by atoms with van der Waals surface area (Å²) in [5.74, 6) is -1.15. The van der Waals surface area contributed by atoms with E-state index in [1.807, 2.05) is 0 Å². The van der Waals surface area contributed by atoms with Crippen molar-refractivity contribution < 1.29 is 44.3 Å². The summed E-state index contributed by atoms with van der Waals surface area (Å²) in [5.41, 5.74) is 0. The van der Waals surface area contributed by atoms with Crippen LogP contribution in [-0.4, -0.2) is 25.1 Å². The van der Waals surface area contributed by atoms with Gasteiger partial charge in [0.15, 0.2) is 0 Å². The van der Waals surface area contributed by atoms with Crippen LogP contribution in [0.15, 0.2) is 0 Å². The van der Waals surface area contributed by atoms with Gasteiger partial charge < -0.3 is 20.5 Å². The minimum absolute atomic E-state index is 0. The number of rotatable bonds is 9. The summed E-state index contributed by atoms with van der Waals surface area (Å²) in [6, 6.07) is -0.309. The molecule has 0 unspecified atom stereocenters. The monoisotopic (exact) mass is 252 g/mol. The number of carbonyl (C=O) groups excluding carboxylic acids is 2. The molecule has 0 saturated heterocycles. The molecule has 0 atom stereocenters. The van der Waals surface area contributed by atoms with Crippen LogP contribution in [0, 0.1) is 0 Å². The van der Waals surface area contributed by atoms with Gasteiger partial charge in [-0.05, 0) is 6.42 Å². The molecule has 0 saturated carbocycles. The van der Waals surface area contributed by atoms with E-state index in [1.54, 1.807) is 0 Å². The molecule has 0 aromatic carbocycles. The molecule has 0 aliphatic carbocycles. The molecule has 0 fully saturated rings. The number of urea groups is 1. The van der Waals surface area contributed by atoms with E-state index in [2.05, 4.69) is 17.6 Å². The Balaban J connectivity index is 0. The third kappa shape index (κ3) is 15.7. The summed E-state index contributed by atoms with van der Waals surface area (Å²) < 4.78 is 0. The Morgan fingerprint density at radius 2 is 1.59 bits per heavy atom. The number of aliphatic carboxylic acids is 1. The van der Waals surface area contributed by atoms with E-state index in [1.165, 1.54) is 19.3 Å². The number of hydrogen-bond donors (Lipinski definition) is 2. The van der Waals surface area contributed by atoms with Crippen LogP contribution in [0.3, 0.4) is 0 Å². The predicted molar refractivity (Wildman–Crippen MR) is 59.8 cm³/mol. The summed E-state index contributed by atoms with van der Waals surface area (Å²) >= 11 is 0. The molecule has 0 spiro atoms. The van der Waals surface area contributed by atoms with E-state index in [9.17, 15) is 14.7 Å². The average molecular weight is 252 g/mol. The molecule has 0 rings (SSSR count). The van der Waals surface area contributed by atoms with Crippen molar-refractivity contribution in [2.75, 3.05) is 13.1 Å². The van der Waals surface area contributed by atoms with Crippen molar-refractivity contribution >= 4 is 12.0 Å². The van der Waals surface area contributed by atoms with Crippen molar-refractivity contribution in [1.29, 1.82) is 0 Å². The first-order chi connectivity index (χ1) is 7.66. The van der Waals surface area contributed by atoms with Gasteiger partial charge in [0.1, 0.15) is 0 Å². The molecular formula is C11H21N2NaO3. The standard InChI is InChI=1S/C11H22N2O3.Na/c1-2-3-4-5-6-8-12-11(16)13-9-7-10(14)15;/h2-9H2,1H3,(H,14,15)(H2,12,13,16);/q;+1/p-1. The molecule has 94 valence electrons. The van der Waals surface area contributed by atoms with Crippen molar-refractivity contribution in [2.24, 2.45) is 0 Å². The third-order valence-electron chi connectivity index (χ3n) is 2.18. The van der Waals surface area contributed by atoms with Gasteiger partial charge in [0.05, 0.1) is 0 Å². The molecule has 0 radical (unpaired) electrons. The van der Waals surface area contributed by atoms with Gasteiger partial charge >= 0.3 is 35.6 Å². The van der Waals surface area contributed by atoms with Crippen LogP contribution in [0.2, 0.25) is 0 Å². The summed E-state index contributed by atoms with van der Waals surface area (Å²) in [4.78, 5) is 21.1. The number of amides is 2. The average Bonchev–Trinajstić information content (AvgIpc) is 2.22. The molecule has 0 aliphatic rings. The summed E-state index contributed by atoms with van der Waals surface area (Å²) in [7, 11) is 0. The van der Waals surface area contributed by atoms with E-state index in [0.29, 0.717) is 6.54 Å². The normalized spacial score (nSPS) is 9.24. The van der Waals surface area contributed by atoms with Gasteiger partial charge in [-0.25, -0.2) is 4.79 Å². The second-order valence-electron chi connectivity index (χ2n) is 3.72. The Morgan fingerprint density at radius 1 is 1.00 bits per heavy atom. The van der Waals surface area contributed by atoms with Gasteiger partial charge in [-0.1, -0.05) is 32.6 Å². The van der Waals surface area contributed by atoms with Crippen molar-refractivity contribution in [3.05, 3.63) is 0 Å². The fourth-order valence-corrected chi connectivity index (χ4v) is 1.27. The Labute approximate surface area is 125 Å². The molecular weight excluding hydrogens is 231 g/mol. The van der Waals surface area contributed by atoms with E-state index in [0.717, 1.165) is 12.8 Å². The summed E-state index contributed by atoms with van der Waals surface area (Å²) in [6.07, 6.45) is 5.57. The van der Waals surface area contributed by atoms with Gasteiger partial charge in [0.2, 0.25) is 0 Å². The van der Waals surface area contributed by atoms with E-state index < -0.39 is 5.97 Å². The smallest absolute Gasteiger partial charge is 0.550 e. The maximum absolute atomic E-state index is 11.1. The first-order valence-electron chi connectivity index (χ1n) is 5.88. The van der Waals surface area contributed by atoms with Crippen LogP contribution in [0.1, 0.15) is 45.4 Å². The molecule has 0 aliphatic heterocycles. The SMILES string of the molecule is CCCCCCCNC(=O)NCCC(=O)[O-].[Na+]. The van der Waals surface area contributed by atoms with Crippen molar-refractivity contribution in [2.45, 2.75) is 45.4 Å². The Kier molecular flexibility index (Phi) is 15.5. The van der Waals surface area contributed by atoms with Gasteiger partial charge in [-0.15, -0.1) is 0 Å². The van der Waals surface area contributed by atoms with Gasteiger partial charge in [-0.3, -0.25) is 0 Å². The molecule has 0 bridgehead atoms. The summed E-state index contributed by atoms with van der Waals surface area (Å²) in [5, 5.41) is 15.2. The number of unbranched alkanes of at least 4 members (excludes halogenated alkanes) is 4. The zero-order chi connectivity index (χ0) is 12.2. The predicted octanol–water partition coefficient (Wildman–Crippen LogP) is -2.60. The maximum Gasteiger partial charge on any atom is 1.00 e. The minimum Gasteiger partial charge on any atom is -0.550 e. The molecule has 5 nitrogen and oxygen atoms in total. The molecule has 0 heterocycles. The quantitative estimate of drug-likeness (QED) is 0.349. The van der Waals surface area contributed by atoms with Crippen molar-refractivity contribution in [3.8, 4) is 0 Å². The topological polar surface area (TPSA) is 81.3 Å². The zero-order valence-corrected chi connectivity index (χ0v) is 12.9. The van der Waals surface area contributed by atoms with Crippen LogP contribution >= 0.6 is 0 Å². The second kappa shape index (κ2) is 13.8. The van der Waals surface area contributed by atoms with Crippen LogP contribution in [0.25, 0.3) is 0 Å². The van der Waals surface area contributed by atoms with Crippen LogP contribution in [0.4, 0.5) is 4.79 Å². The molecule has 0 aromatic heterocycles. The maximum atomic E-state index is 11.1. The van der Waals surface area contributed by atoms with Crippen molar-refractivity contribution in [1.82, 2.24) is 10.6 Å². The van der Waals surface area contributed by atoms with Crippen LogP contribution in [-0.2, 0) is 4.79 Å².